The maximum Gasteiger partial charge on any atom is 0.111 e. The van der Waals surface area contributed by atoms with E-state index in [0.717, 1.165) is 17.8 Å². The van der Waals surface area contributed by atoms with E-state index in [-0.39, 0.29) is 0 Å². The van der Waals surface area contributed by atoms with Crippen molar-refractivity contribution in [1.29, 1.82) is 0 Å². The Morgan fingerprint density at radius 3 is 2.74 bits per heavy atom. The van der Waals surface area contributed by atoms with Gasteiger partial charge in [-0.15, -0.1) is 5.10 Å². The van der Waals surface area contributed by atoms with Crippen molar-refractivity contribution in [3.05, 3.63) is 28.3 Å². The van der Waals surface area contributed by atoms with Crippen LogP contribution in [0.15, 0.2) is 6.20 Å². The summed E-state index contributed by atoms with van der Waals surface area (Å²) < 4.78 is 3.43. The quantitative estimate of drug-likeness (QED) is 0.907. The Morgan fingerprint density at radius 1 is 1.42 bits per heavy atom. The average molecular weight is 284 g/mol. The van der Waals surface area contributed by atoms with Crippen LogP contribution in [0.25, 0.3) is 0 Å². The van der Waals surface area contributed by atoms with E-state index in [9.17, 15) is 5.11 Å². The first kappa shape index (κ1) is 14.0. The van der Waals surface area contributed by atoms with Crippen molar-refractivity contribution < 1.29 is 5.11 Å². The molecule has 104 valence electrons. The van der Waals surface area contributed by atoms with Crippen LogP contribution in [0.2, 0.25) is 5.02 Å². The number of aliphatic hydroxyl groups excluding tert-OH is 1. The number of aromatic nitrogens is 5. The Morgan fingerprint density at radius 2 is 2.16 bits per heavy atom. The summed E-state index contributed by atoms with van der Waals surface area (Å²) >= 11 is 6.28. The standard InChI is InChI=1S/C12H18ClN5O/c1-4-8-12(13)10(17(3)15-8)7-18-6-9(14-16-18)11(19)5-2/h6,11,19H,4-5,7H2,1-3H3. The highest BCUT2D eigenvalue weighted by Crippen LogP contribution is 2.22. The van der Waals surface area contributed by atoms with Crippen molar-refractivity contribution in [2.75, 3.05) is 0 Å². The monoisotopic (exact) mass is 283 g/mol. The zero-order chi connectivity index (χ0) is 14.0. The minimum atomic E-state index is -0.568. The fourth-order valence-corrected chi connectivity index (χ4v) is 2.25. The Hall–Kier alpha value is -1.40. The van der Waals surface area contributed by atoms with Crippen molar-refractivity contribution >= 4 is 11.6 Å². The van der Waals surface area contributed by atoms with Gasteiger partial charge in [-0.3, -0.25) is 4.68 Å². The summed E-state index contributed by atoms with van der Waals surface area (Å²) in [5.74, 6) is 0. The second-order valence-electron chi connectivity index (χ2n) is 4.45. The van der Waals surface area contributed by atoms with E-state index in [1.165, 1.54) is 0 Å². The van der Waals surface area contributed by atoms with Gasteiger partial charge >= 0.3 is 0 Å². The van der Waals surface area contributed by atoms with Crippen LogP contribution in [0.1, 0.15) is 43.5 Å². The topological polar surface area (TPSA) is 68.8 Å². The molecule has 6 nitrogen and oxygen atoms in total. The summed E-state index contributed by atoms with van der Waals surface area (Å²) in [7, 11) is 1.86. The predicted molar refractivity (Wildman–Crippen MR) is 72.0 cm³/mol. The highest BCUT2D eigenvalue weighted by molar-refractivity contribution is 6.31. The molecule has 0 bridgehead atoms. The molecule has 0 spiro atoms. The van der Waals surface area contributed by atoms with E-state index in [1.54, 1.807) is 15.6 Å². The highest BCUT2D eigenvalue weighted by Gasteiger charge is 2.15. The van der Waals surface area contributed by atoms with Gasteiger partial charge in [-0.25, -0.2) is 4.68 Å². The SMILES string of the molecule is CCc1nn(C)c(Cn2cc(C(O)CC)nn2)c1Cl. The molecular weight excluding hydrogens is 266 g/mol. The molecule has 0 aromatic carbocycles. The summed E-state index contributed by atoms with van der Waals surface area (Å²) in [4.78, 5) is 0. The predicted octanol–water partition coefficient (Wildman–Crippen LogP) is 1.72. The molecular formula is C12H18ClN5O. The Balaban J connectivity index is 2.22. The lowest BCUT2D eigenvalue weighted by Crippen LogP contribution is -2.06. The van der Waals surface area contributed by atoms with Gasteiger partial charge in [-0.2, -0.15) is 5.10 Å². The van der Waals surface area contributed by atoms with Crippen molar-refractivity contribution in [2.45, 2.75) is 39.3 Å². The van der Waals surface area contributed by atoms with E-state index >= 15 is 0 Å². The Kier molecular flexibility index (Phi) is 4.21. The van der Waals surface area contributed by atoms with E-state index in [1.807, 2.05) is 20.9 Å². The molecule has 0 aliphatic rings. The van der Waals surface area contributed by atoms with Gasteiger partial charge in [0.05, 0.1) is 35.3 Å². The van der Waals surface area contributed by atoms with Gasteiger partial charge in [0.25, 0.3) is 0 Å². The molecule has 0 saturated heterocycles. The molecule has 0 aliphatic heterocycles. The highest BCUT2D eigenvalue weighted by atomic mass is 35.5. The maximum absolute atomic E-state index is 9.70. The largest absolute Gasteiger partial charge is 0.387 e. The molecule has 1 N–H and O–H groups in total. The number of halogens is 1. The number of nitrogens with zero attached hydrogens (tertiary/aromatic N) is 5. The van der Waals surface area contributed by atoms with Crippen molar-refractivity contribution in [2.24, 2.45) is 7.05 Å². The molecule has 2 aromatic heterocycles. The maximum atomic E-state index is 9.70. The van der Waals surface area contributed by atoms with Crippen LogP contribution >= 0.6 is 11.6 Å². The minimum absolute atomic E-state index is 0.492. The average Bonchev–Trinajstić information content (AvgIpc) is 2.98. The van der Waals surface area contributed by atoms with E-state index < -0.39 is 6.10 Å². The summed E-state index contributed by atoms with van der Waals surface area (Å²) in [6.45, 7) is 4.41. The molecule has 2 aromatic rings. The van der Waals surface area contributed by atoms with Gasteiger partial charge in [-0.1, -0.05) is 30.7 Å². The molecule has 0 aliphatic carbocycles. The third kappa shape index (κ3) is 2.79. The van der Waals surface area contributed by atoms with Crippen molar-refractivity contribution in [3.63, 3.8) is 0 Å². The molecule has 1 unspecified atom stereocenters. The van der Waals surface area contributed by atoms with E-state index in [2.05, 4.69) is 15.4 Å². The minimum Gasteiger partial charge on any atom is -0.387 e. The molecule has 0 saturated carbocycles. The summed E-state index contributed by atoms with van der Waals surface area (Å²) in [5, 5.41) is 22.7. The second-order valence-corrected chi connectivity index (χ2v) is 4.83. The number of hydrogen-bond donors (Lipinski definition) is 1. The molecule has 2 heterocycles. The fourth-order valence-electron chi connectivity index (χ4n) is 1.90. The molecule has 19 heavy (non-hydrogen) atoms. The van der Waals surface area contributed by atoms with Gasteiger partial charge < -0.3 is 5.11 Å². The van der Waals surface area contributed by atoms with Crippen LogP contribution in [-0.4, -0.2) is 29.9 Å². The lowest BCUT2D eigenvalue weighted by Gasteiger charge is -2.03. The van der Waals surface area contributed by atoms with Gasteiger partial charge in [0.2, 0.25) is 0 Å². The Labute approximate surface area is 117 Å². The molecule has 7 heteroatoms. The van der Waals surface area contributed by atoms with Crippen molar-refractivity contribution in [1.82, 2.24) is 24.8 Å². The summed E-state index contributed by atoms with van der Waals surface area (Å²) in [5.41, 5.74) is 2.35. The fraction of sp³-hybridized carbons (Fsp3) is 0.583. The zero-order valence-electron chi connectivity index (χ0n) is 11.3. The van der Waals surface area contributed by atoms with Gasteiger partial charge in [-0.05, 0) is 12.8 Å². The second kappa shape index (κ2) is 5.71. The smallest absolute Gasteiger partial charge is 0.111 e. The lowest BCUT2D eigenvalue weighted by atomic mass is 10.2. The lowest BCUT2D eigenvalue weighted by molar-refractivity contribution is 0.168. The third-order valence-electron chi connectivity index (χ3n) is 3.10. The van der Waals surface area contributed by atoms with Crippen LogP contribution in [0.5, 0.6) is 0 Å². The van der Waals surface area contributed by atoms with Gasteiger partial charge in [0.15, 0.2) is 0 Å². The molecule has 1 atom stereocenters. The molecule has 0 radical (unpaired) electrons. The van der Waals surface area contributed by atoms with Crippen LogP contribution in [0, 0.1) is 0 Å². The first-order valence-corrected chi connectivity index (χ1v) is 6.72. The first-order chi connectivity index (χ1) is 9.06. The molecule has 0 amide bonds. The van der Waals surface area contributed by atoms with Gasteiger partial charge in [0.1, 0.15) is 5.69 Å². The molecule has 0 fully saturated rings. The van der Waals surface area contributed by atoms with Crippen LogP contribution in [-0.2, 0) is 20.0 Å². The number of rotatable bonds is 5. The normalized spacial score (nSPS) is 12.9. The van der Waals surface area contributed by atoms with Crippen molar-refractivity contribution in [3.8, 4) is 0 Å². The van der Waals surface area contributed by atoms with Gasteiger partial charge in [0, 0.05) is 7.05 Å². The zero-order valence-corrected chi connectivity index (χ0v) is 12.1. The summed E-state index contributed by atoms with van der Waals surface area (Å²) in [6.07, 6.45) is 2.58. The van der Waals surface area contributed by atoms with Crippen LogP contribution in [0.3, 0.4) is 0 Å². The third-order valence-corrected chi connectivity index (χ3v) is 3.54. The first-order valence-electron chi connectivity index (χ1n) is 6.35. The number of aliphatic hydroxyl groups is 1. The van der Waals surface area contributed by atoms with E-state index in [4.69, 9.17) is 11.6 Å². The summed E-state index contributed by atoms with van der Waals surface area (Å²) in [6, 6.07) is 0. The number of hydrogen-bond acceptors (Lipinski definition) is 4. The van der Waals surface area contributed by atoms with Crippen LogP contribution < -0.4 is 0 Å². The van der Waals surface area contributed by atoms with E-state index in [0.29, 0.717) is 23.7 Å². The van der Waals surface area contributed by atoms with Crippen LogP contribution in [0.4, 0.5) is 0 Å². The molecule has 2 rings (SSSR count). The number of aryl methyl sites for hydroxylation is 2. The Bertz CT molecular complexity index is 562.